The molecule has 3 aromatic rings. The molecule has 0 fully saturated rings. The number of carboxylic acids is 1. The van der Waals surface area contributed by atoms with Gasteiger partial charge in [0.2, 0.25) is 0 Å². The van der Waals surface area contributed by atoms with Crippen LogP contribution in [0.25, 0.3) is 10.8 Å². The largest absolute Gasteiger partial charge is 0.479 e. The summed E-state index contributed by atoms with van der Waals surface area (Å²) in [6.07, 6.45) is -3.13. The molecule has 0 radical (unpaired) electrons. The summed E-state index contributed by atoms with van der Waals surface area (Å²) in [5.41, 5.74) is -1.31. The predicted molar refractivity (Wildman–Crippen MR) is 97.0 cm³/mol. The van der Waals surface area contributed by atoms with E-state index in [0.29, 0.717) is 16.2 Å². The van der Waals surface area contributed by atoms with Gasteiger partial charge in [-0.15, -0.1) is 11.8 Å². The molecular formula is C19H16F3NO3S. The van der Waals surface area contributed by atoms with E-state index in [1.54, 1.807) is 30.5 Å². The number of thioether (sulfide) groups is 1. The molecule has 4 nitrogen and oxygen atoms in total. The monoisotopic (exact) mass is 395 g/mol. The molecule has 1 atom stereocenters. The highest BCUT2D eigenvalue weighted by molar-refractivity contribution is 7.99. The number of hydrogen-bond acceptors (Lipinski definition) is 3. The van der Waals surface area contributed by atoms with Crippen molar-refractivity contribution >= 4 is 28.5 Å². The quantitative estimate of drug-likeness (QED) is 0.607. The van der Waals surface area contributed by atoms with Gasteiger partial charge in [0.15, 0.2) is 6.04 Å². The lowest BCUT2D eigenvalue weighted by molar-refractivity contribution is -0.142. The minimum atomic E-state index is -4.67. The maximum atomic E-state index is 13.5. The van der Waals surface area contributed by atoms with E-state index in [1.165, 1.54) is 34.5 Å². The summed E-state index contributed by atoms with van der Waals surface area (Å²) in [5.74, 6) is -1.10. The van der Waals surface area contributed by atoms with E-state index < -0.39 is 23.8 Å². The van der Waals surface area contributed by atoms with Crippen LogP contribution >= 0.6 is 11.8 Å². The molecule has 2 aromatic carbocycles. The Bertz CT molecular complexity index is 968. The van der Waals surface area contributed by atoms with E-state index in [1.807, 2.05) is 0 Å². The van der Waals surface area contributed by atoms with Gasteiger partial charge in [-0.2, -0.15) is 13.2 Å². The van der Waals surface area contributed by atoms with E-state index >= 15 is 0 Å². The van der Waals surface area contributed by atoms with Crippen LogP contribution in [0, 0.1) is 0 Å². The second-order valence-corrected chi connectivity index (χ2v) is 6.91. The molecule has 8 heteroatoms. The molecule has 0 bridgehead atoms. The second kappa shape index (κ2) is 7.66. The zero-order valence-electron chi connectivity index (χ0n) is 14.0. The molecule has 0 aliphatic rings. The van der Waals surface area contributed by atoms with Crippen molar-refractivity contribution in [2.75, 3.05) is 12.4 Å². The number of aliphatic hydroxyl groups excluding tert-OH is 1. The normalized spacial score (nSPS) is 13.0. The number of nitrogens with zero attached hydrogens (tertiary/aromatic N) is 1. The van der Waals surface area contributed by atoms with E-state index in [4.69, 9.17) is 5.11 Å². The van der Waals surface area contributed by atoms with Gasteiger partial charge in [-0.1, -0.05) is 42.5 Å². The maximum Gasteiger partial charge on any atom is 0.416 e. The van der Waals surface area contributed by atoms with E-state index in [0.717, 1.165) is 11.5 Å². The van der Waals surface area contributed by atoms with Gasteiger partial charge in [0.05, 0.1) is 17.2 Å². The van der Waals surface area contributed by atoms with Crippen molar-refractivity contribution in [2.45, 2.75) is 17.2 Å². The fourth-order valence-corrected chi connectivity index (χ4v) is 3.97. The number of carboxylic acid groups (broad SMARTS) is 1. The molecule has 0 saturated carbocycles. The van der Waals surface area contributed by atoms with Gasteiger partial charge in [0.1, 0.15) is 0 Å². The predicted octanol–water partition coefficient (Wildman–Crippen LogP) is 4.42. The molecule has 2 N–H and O–H groups in total. The molecule has 0 aliphatic carbocycles. The maximum absolute atomic E-state index is 13.5. The summed E-state index contributed by atoms with van der Waals surface area (Å²) in [6.45, 7) is -0.138. The first-order valence-corrected chi connectivity index (χ1v) is 9.05. The zero-order chi connectivity index (χ0) is 19.6. The van der Waals surface area contributed by atoms with Crippen molar-refractivity contribution in [3.63, 3.8) is 0 Å². The van der Waals surface area contributed by atoms with E-state index in [-0.39, 0.29) is 12.2 Å². The van der Waals surface area contributed by atoms with Crippen LogP contribution in [0.5, 0.6) is 0 Å². The molecule has 0 spiro atoms. The Morgan fingerprint density at radius 1 is 1.11 bits per heavy atom. The Morgan fingerprint density at radius 2 is 1.78 bits per heavy atom. The number of alkyl halides is 3. The number of carbonyl (C=O) groups is 1. The summed E-state index contributed by atoms with van der Waals surface area (Å²) in [4.78, 5) is 12.0. The molecule has 1 unspecified atom stereocenters. The lowest BCUT2D eigenvalue weighted by Gasteiger charge is -2.22. The number of hydrogen-bond donors (Lipinski definition) is 2. The van der Waals surface area contributed by atoms with E-state index in [9.17, 15) is 23.1 Å². The van der Waals surface area contributed by atoms with Gasteiger partial charge in [-0.3, -0.25) is 0 Å². The molecule has 0 saturated heterocycles. The van der Waals surface area contributed by atoms with Gasteiger partial charge in [-0.05, 0) is 11.6 Å². The lowest BCUT2D eigenvalue weighted by Crippen LogP contribution is -2.24. The van der Waals surface area contributed by atoms with Gasteiger partial charge in [0.25, 0.3) is 0 Å². The van der Waals surface area contributed by atoms with Crippen molar-refractivity contribution in [1.82, 2.24) is 4.57 Å². The lowest BCUT2D eigenvalue weighted by atomic mass is 9.99. The third-order valence-electron chi connectivity index (χ3n) is 4.11. The smallest absolute Gasteiger partial charge is 0.416 e. The first kappa shape index (κ1) is 19.3. The number of fused-ring (bicyclic) bond motifs is 1. The van der Waals surface area contributed by atoms with Crippen molar-refractivity contribution in [3.05, 3.63) is 65.9 Å². The Morgan fingerprint density at radius 3 is 2.44 bits per heavy atom. The summed E-state index contributed by atoms with van der Waals surface area (Å²) in [7, 11) is 0. The fourth-order valence-electron chi connectivity index (χ4n) is 3.03. The second-order valence-electron chi connectivity index (χ2n) is 5.83. The molecule has 3 rings (SSSR count). The SMILES string of the molecule is O=C(O)C(c1ccccc1C(F)(F)F)n1cc2ccccc2c1SCCO. The van der Waals surface area contributed by atoms with Crippen molar-refractivity contribution < 1.29 is 28.2 Å². The van der Waals surface area contributed by atoms with Crippen LogP contribution in [0.4, 0.5) is 13.2 Å². The summed E-state index contributed by atoms with van der Waals surface area (Å²) >= 11 is 1.21. The first-order valence-electron chi connectivity index (χ1n) is 8.06. The molecule has 142 valence electrons. The van der Waals surface area contributed by atoms with Crippen LogP contribution in [-0.4, -0.2) is 33.1 Å². The molecule has 0 amide bonds. The summed E-state index contributed by atoms with van der Waals surface area (Å²) in [6, 6.07) is 10.2. The third-order valence-corrected chi connectivity index (χ3v) is 5.20. The minimum absolute atomic E-state index is 0.138. The van der Waals surface area contributed by atoms with Gasteiger partial charge in [0, 0.05) is 22.7 Å². The zero-order valence-corrected chi connectivity index (χ0v) is 14.8. The number of benzene rings is 2. The third kappa shape index (κ3) is 3.81. The van der Waals surface area contributed by atoms with Gasteiger partial charge in [-0.25, -0.2) is 4.79 Å². The number of aliphatic hydroxyl groups is 1. The Kier molecular flexibility index (Phi) is 5.48. The number of rotatable bonds is 6. The molecule has 0 aliphatic heterocycles. The molecule has 1 heterocycles. The Labute approximate surface area is 157 Å². The highest BCUT2D eigenvalue weighted by Crippen LogP contribution is 2.39. The average molecular weight is 395 g/mol. The van der Waals surface area contributed by atoms with Crippen molar-refractivity contribution in [3.8, 4) is 0 Å². The summed E-state index contributed by atoms with van der Waals surface area (Å²) in [5, 5.41) is 20.9. The standard InChI is InChI=1S/C19H16F3NO3S/c20-19(21,22)15-8-4-3-7-14(15)16(18(25)26)23-11-12-5-1-2-6-13(12)17(23)27-10-9-24/h1-8,11,16,24H,9-10H2,(H,25,26). The Hall–Kier alpha value is -2.45. The fraction of sp³-hybridized carbons (Fsp3) is 0.211. The molecule has 1 aromatic heterocycles. The van der Waals surface area contributed by atoms with E-state index in [2.05, 4.69) is 0 Å². The topological polar surface area (TPSA) is 62.5 Å². The summed E-state index contributed by atoms with van der Waals surface area (Å²) < 4.78 is 41.7. The van der Waals surface area contributed by atoms with Crippen LogP contribution in [0.1, 0.15) is 17.2 Å². The van der Waals surface area contributed by atoms with Crippen molar-refractivity contribution in [1.29, 1.82) is 0 Å². The van der Waals surface area contributed by atoms with Crippen molar-refractivity contribution in [2.24, 2.45) is 0 Å². The number of aliphatic carboxylic acids is 1. The average Bonchev–Trinajstić information content (AvgIpc) is 2.97. The van der Waals surface area contributed by atoms with Crippen LogP contribution < -0.4 is 0 Å². The van der Waals surface area contributed by atoms with Crippen LogP contribution in [-0.2, 0) is 11.0 Å². The number of halogens is 3. The van der Waals surface area contributed by atoms with Crippen LogP contribution in [0.2, 0.25) is 0 Å². The first-order chi connectivity index (χ1) is 12.8. The highest BCUT2D eigenvalue weighted by atomic mass is 32.2. The Balaban J connectivity index is 2.25. The van der Waals surface area contributed by atoms with Gasteiger partial charge < -0.3 is 14.8 Å². The minimum Gasteiger partial charge on any atom is -0.479 e. The molecule has 27 heavy (non-hydrogen) atoms. The molecular weight excluding hydrogens is 379 g/mol. The highest BCUT2D eigenvalue weighted by Gasteiger charge is 2.38. The number of aromatic nitrogens is 1. The van der Waals surface area contributed by atoms with Crippen LogP contribution in [0.15, 0.2) is 59.8 Å². The van der Waals surface area contributed by atoms with Crippen LogP contribution in [0.3, 0.4) is 0 Å². The van der Waals surface area contributed by atoms with Gasteiger partial charge >= 0.3 is 12.1 Å².